The van der Waals surface area contributed by atoms with Crippen molar-refractivity contribution < 1.29 is 43.6 Å². The smallest absolute Gasteiger partial charge is 0.301 e. The molecule has 2 N–H and O–H groups in total. The SMILES string of the molecule is COc1ccc(C23C(=O)N(Nc4ccc(Cl)cc4Cl)C(=O)C2CC2C(=CCC4C(=O)N(c5cc([N+](=O)[O-])c(N(C)C)c([N+](=O)[O-])c5)C(=O)C42)C3C=Cc2ccc(O)c(OC)c2)cc1. The number of rotatable bonds is 11. The van der Waals surface area contributed by atoms with Gasteiger partial charge in [0.1, 0.15) is 5.75 Å². The number of carbonyl (C=O) groups is 4. The highest BCUT2D eigenvalue weighted by molar-refractivity contribution is 6.36. The summed E-state index contributed by atoms with van der Waals surface area (Å²) in [6.07, 6.45) is 5.19. The number of aromatic hydroxyl groups is 1. The van der Waals surface area contributed by atoms with Crippen molar-refractivity contribution in [2.75, 3.05) is 43.5 Å². The van der Waals surface area contributed by atoms with Crippen LogP contribution in [0.1, 0.15) is 24.0 Å². The first-order chi connectivity index (χ1) is 30.0. The lowest BCUT2D eigenvalue weighted by molar-refractivity contribution is -0.392. The van der Waals surface area contributed by atoms with Gasteiger partial charge in [-0.25, -0.2) is 4.90 Å². The molecule has 324 valence electrons. The number of phenolic OH excluding ortho intramolecular Hbond substituents is 1. The standard InChI is InChI=1S/C44H38Cl2N6O11/c1-48(2)39-34(51(58)59)19-25(20-35(39)52(60)61)49-40(54)28-13-12-27-29(38(28)42(49)56)21-31-41(55)50(47-33-15-9-24(45)18-32(33)46)43(57)44(31,23-7-10-26(62-3)11-8-23)30(27)14-5-22-6-16-36(53)37(17-22)63-4/h5-12,14-20,28-31,38,47,53H,13,21H2,1-4H3. The summed E-state index contributed by atoms with van der Waals surface area (Å²) in [5.74, 6) is -7.30. The fraction of sp³-hybridized carbons (Fsp3) is 0.273. The first kappa shape index (κ1) is 42.7. The van der Waals surface area contributed by atoms with Crippen LogP contribution in [0.3, 0.4) is 0 Å². The summed E-state index contributed by atoms with van der Waals surface area (Å²) in [5.41, 5.74) is 1.04. The molecule has 6 unspecified atom stereocenters. The fourth-order valence-electron chi connectivity index (χ4n) is 9.80. The number of phenols is 1. The molecule has 1 saturated carbocycles. The molecule has 0 spiro atoms. The molecule has 2 saturated heterocycles. The zero-order valence-corrected chi connectivity index (χ0v) is 35.5. The Morgan fingerprint density at radius 3 is 2.16 bits per heavy atom. The summed E-state index contributed by atoms with van der Waals surface area (Å²) < 4.78 is 10.8. The van der Waals surface area contributed by atoms with Crippen LogP contribution in [0.5, 0.6) is 17.2 Å². The van der Waals surface area contributed by atoms with Crippen LogP contribution >= 0.6 is 23.2 Å². The third kappa shape index (κ3) is 6.78. The van der Waals surface area contributed by atoms with Crippen LogP contribution in [0.25, 0.3) is 6.08 Å². The summed E-state index contributed by atoms with van der Waals surface area (Å²) in [6.45, 7) is 0. The van der Waals surface area contributed by atoms with Gasteiger partial charge in [0.25, 0.3) is 11.8 Å². The summed E-state index contributed by atoms with van der Waals surface area (Å²) in [4.78, 5) is 84.7. The molecule has 0 aromatic heterocycles. The van der Waals surface area contributed by atoms with Gasteiger partial charge in [0.05, 0.1) is 63.6 Å². The molecule has 2 aliphatic carbocycles. The second-order valence-electron chi connectivity index (χ2n) is 15.8. The number of fused-ring (bicyclic) bond motifs is 4. The molecule has 2 aliphatic heterocycles. The molecule has 4 amide bonds. The van der Waals surface area contributed by atoms with Crippen LogP contribution in [0.2, 0.25) is 10.0 Å². The molecule has 19 heteroatoms. The number of halogens is 2. The van der Waals surface area contributed by atoms with Gasteiger partial charge in [0, 0.05) is 37.2 Å². The minimum atomic E-state index is -1.67. The van der Waals surface area contributed by atoms with E-state index in [1.807, 2.05) is 0 Å². The highest BCUT2D eigenvalue weighted by atomic mass is 35.5. The molecule has 3 fully saturated rings. The number of imide groups is 2. The van der Waals surface area contributed by atoms with E-state index >= 15 is 9.59 Å². The Balaban J connectivity index is 1.30. The summed E-state index contributed by atoms with van der Waals surface area (Å²) in [5, 5.41) is 36.3. The Morgan fingerprint density at radius 1 is 0.873 bits per heavy atom. The fourth-order valence-corrected chi connectivity index (χ4v) is 10.3. The van der Waals surface area contributed by atoms with Gasteiger partial charge in [-0.2, -0.15) is 5.01 Å². The lowest BCUT2D eigenvalue weighted by Gasteiger charge is -2.49. The highest BCUT2D eigenvalue weighted by Crippen LogP contribution is 2.62. The average molecular weight is 898 g/mol. The summed E-state index contributed by atoms with van der Waals surface area (Å²) in [6, 6.07) is 17.9. The maximum atomic E-state index is 15.5. The van der Waals surface area contributed by atoms with E-state index in [1.165, 1.54) is 57.5 Å². The molecule has 4 aromatic carbocycles. The number of nitrogens with one attached hydrogen (secondary N) is 1. The largest absolute Gasteiger partial charge is 0.504 e. The third-order valence-electron chi connectivity index (χ3n) is 12.5. The van der Waals surface area contributed by atoms with E-state index in [-0.39, 0.29) is 46.4 Å². The van der Waals surface area contributed by atoms with E-state index in [0.29, 0.717) is 27.5 Å². The minimum Gasteiger partial charge on any atom is -0.504 e. The van der Waals surface area contributed by atoms with Crippen molar-refractivity contribution >= 4 is 81.3 Å². The van der Waals surface area contributed by atoms with Crippen molar-refractivity contribution in [3.05, 3.63) is 132 Å². The van der Waals surface area contributed by atoms with Gasteiger partial charge in [0.15, 0.2) is 17.2 Å². The predicted octanol–water partition coefficient (Wildman–Crippen LogP) is 7.33. The number of hydrogen-bond acceptors (Lipinski definition) is 13. The second kappa shape index (κ2) is 16.0. The number of methoxy groups -OCH3 is 2. The maximum absolute atomic E-state index is 15.5. The molecule has 63 heavy (non-hydrogen) atoms. The van der Waals surface area contributed by atoms with Crippen LogP contribution in [-0.2, 0) is 24.6 Å². The van der Waals surface area contributed by atoms with Crippen molar-refractivity contribution in [3.63, 3.8) is 0 Å². The van der Waals surface area contributed by atoms with Crippen LogP contribution in [0.15, 0.2) is 90.5 Å². The van der Waals surface area contributed by atoms with Crippen molar-refractivity contribution in [3.8, 4) is 17.2 Å². The van der Waals surface area contributed by atoms with Crippen LogP contribution < -0.4 is 24.7 Å². The number of amides is 4. The molecule has 4 aliphatic rings. The Morgan fingerprint density at radius 2 is 1.56 bits per heavy atom. The normalized spacial score (nSPS) is 23.9. The molecule has 6 atom stereocenters. The zero-order valence-electron chi connectivity index (χ0n) is 34.0. The summed E-state index contributed by atoms with van der Waals surface area (Å²) >= 11 is 12.7. The topological polar surface area (TPSA) is 215 Å². The number of nitro groups is 2. The number of benzene rings is 4. The number of hydrogen-bond donors (Lipinski definition) is 2. The summed E-state index contributed by atoms with van der Waals surface area (Å²) in [7, 11) is 5.69. The Hall–Kier alpha value is -6.98. The monoisotopic (exact) mass is 896 g/mol. The number of nitrogens with zero attached hydrogens (tertiary/aromatic N) is 5. The van der Waals surface area contributed by atoms with Gasteiger partial charge >= 0.3 is 11.4 Å². The molecule has 17 nitrogen and oxygen atoms in total. The van der Waals surface area contributed by atoms with Crippen LogP contribution in [0, 0.1) is 49.8 Å². The third-order valence-corrected chi connectivity index (χ3v) is 13.0. The van der Waals surface area contributed by atoms with Crippen LogP contribution in [-0.4, -0.2) is 71.9 Å². The predicted molar refractivity (Wildman–Crippen MR) is 232 cm³/mol. The number of allylic oxidation sites excluding steroid dienone is 3. The molecule has 8 rings (SSSR count). The molecular formula is C44H38Cl2N6O11. The van der Waals surface area contributed by atoms with Crippen LogP contribution in [0.4, 0.5) is 28.4 Å². The first-order valence-electron chi connectivity index (χ1n) is 19.5. The molecule has 2 heterocycles. The van der Waals surface area contributed by atoms with E-state index in [0.717, 1.165) is 22.0 Å². The minimum absolute atomic E-state index is 0.00273. The molecular weight excluding hydrogens is 859 g/mol. The van der Waals surface area contributed by atoms with Gasteiger partial charge in [0.2, 0.25) is 11.8 Å². The molecule has 0 radical (unpaired) electrons. The van der Waals surface area contributed by atoms with Gasteiger partial charge in [-0.15, -0.1) is 0 Å². The van der Waals surface area contributed by atoms with Gasteiger partial charge in [-0.1, -0.05) is 65.2 Å². The number of ether oxygens (including phenoxy) is 2. The maximum Gasteiger partial charge on any atom is 0.301 e. The number of anilines is 3. The van der Waals surface area contributed by atoms with Gasteiger partial charge in [-0.05, 0) is 72.4 Å². The number of carbonyl (C=O) groups excluding carboxylic acids is 4. The van der Waals surface area contributed by atoms with Crippen molar-refractivity contribution in [2.24, 2.45) is 29.6 Å². The van der Waals surface area contributed by atoms with E-state index < -0.39 is 79.9 Å². The van der Waals surface area contributed by atoms with E-state index in [2.05, 4.69) is 5.43 Å². The first-order valence-corrected chi connectivity index (χ1v) is 20.3. The van der Waals surface area contributed by atoms with E-state index in [1.54, 1.807) is 54.6 Å². The highest BCUT2D eigenvalue weighted by Gasteiger charge is 2.69. The Bertz CT molecular complexity index is 2670. The molecule has 4 aromatic rings. The average Bonchev–Trinajstić information content (AvgIpc) is 3.64. The molecule has 0 bridgehead atoms. The van der Waals surface area contributed by atoms with Gasteiger partial charge < -0.3 is 19.5 Å². The zero-order chi connectivity index (χ0) is 45.2. The Labute approximate surface area is 369 Å². The lowest BCUT2D eigenvalue weighted by Crippen LogP contribution is -2.54. The van der Waals surface area contributed by atoms with Gasteiger partial charge in [-0.3, -0.25) is 44.8 Å². The van der Waals surface area contributed by atoms with E-state index in [9.17, 15) is 34.9 Å². The van der Waals surface area contributed by atoms with Crippen molar-refractivity contribution in [2.45, 2.75) is 18.3 Å². The van der Waals surface area contributed by atoms with Crippen molar-refractivity contribution in [1.82, 2.24) is 5.01 Å². The quantitative estimate of drug-likeness (QED) is 0.0654. The second-order valence-corrected chi connectivity index (χ2v) is 16.6. The van der Waals surface area contributed by atoms with E-state index in [4.69, 9.17) is 32.7 Å². The number of hydrazine groups is 1. The van der Waals surface area contributed by atoms with Crippen molar-refractivity contribution in [1.29, 1.82) is 0 Å². The number of nitro benzene ring substituents is 2. The lowest BCUT2D eigenvalue weighted by atomic mass is 9.50. The Kier molecular flexibility index (Phi) is 10.9.